The number of alkyl halides is 3. The van der Waals surface area contributed by atoms with Crippen molar-refractivity contribution >= 4 is 0 Å². The summed E-state index contributed by atoms with van der Waals surface area (Å²) in [4.78, 5) is 0. The van der Waals surface area contributed by atoms with Crippen molar-refractivity contribution in [3.63, 3.8) is 0 Å². The molecule has 0 bridgehead atoms. The molecule has 0 rings (SSSR count). The summed E-state index contributed by atoms with van der Waals surface area (Å²) >= 11 is 0. The second-order valence-corrected chi connectivity index (χ2v) is 4.76. The Labute approximate surface area is 90.2 Å². The van der Waals surface area contributed by atoms with E-state index in [4.69, 9.17) is 5.73 Å². The second-order valence-electron chi connectivity index (χ2n) is 4.76. The van der Waals surface area contributed by atoms with Crippen LogP contribution in [0.25, 0.3) is 0 Å². The van der Waals surface area contributed by atoms with E-state index >= 15 is 0 Å². The summed E-state index contributed by atoms with van der Waals surface area (Å²) in [5.41, 5.74) is 5.16. The van der Waals surface area contributed by atoms with Crippen LogP contribution in [0.5, 0.6) is 0 Å². The second kappa shape index (κ2) is 5.73. The van der Waals surface area contributed by atoms with Crippen molar-refractivity contribution in [2.75, 3.05) is 0 Å². The van der Waals surface area contributed by atoms with Gasteiger partial charge in [0.25, 0.3) is 0 Å². The van der Waals surface area contributed by atoms with Crippen LogP contribution in [0.2, 0.25) is 0 Å². The van der Waals surface area contributed by atoms with Gasteiger partial charge in [0.1, 0.15) is 0 Å². The lowest BCUT2D eigenvalue weighted by Gasteiger charge is -2.29. The Balaban J connectivity index is 4.02. The average Bonchev–Trinajstić information content (AvgIpc) is 2.01. The third-order valence-electron chi connectivity index (χ3n) is 2.68. The highest BCUT2D eigenvalue weighted by molar-refractivity contribution is 4.82. The molecule has 0 saturated carbocycles. The lowest BCUT2D eigenvalue weighted by Crippen LogP contribution is -2.40. The highest BCUT2D eigenvalue weighted by Gasteiger charge is 2.39. The zero-order valence-electron chi connectivity index (χ0n) is 9.82. The Bertz CT molecular complexity index is 175. The monoisotopic (exact) mass is 225 g/mol. The predicted molar refractivity (Wildman–Crippen MR) is 56.6 cm³/mol. The largest absolute Gasteiger partial charge is 0.391 e. The maximum absolute atomic E-state index is 12.3. The van der Waals surface area contributed by atoms with Crippen LogP contribution in [0.3, 0.4) is 0 Å². The lowest BCUT2D eigenvalue weighted by atomic mass is 9.86. The molecule has 0 saturated heterocycles. The highest BCUT2D eigenvalue weighted by Crippen LogP contribution is 2.32. The van der Waals surface area contributed by atoms with Gasteiger partial charge in [-0.05, 0) is 19.8 Å². The van der Waals surface area contributed by atoms with Gasteiger partial charge in [-0.2, -0.15) is 13.2 Å². The fourth-order valence-corrected chi connectivity index (χ4v) is 1.70. The molecule has 0 aliphatic rings. The number of unbranched alkanes of at least 4 members (excludes halogenated alkanes) is 2. The molecular formula is C11H22F3N. The van der Waals surface area contributed by atoms with Crippen LogP contribution in [-0.4, -0.2) is 11.7 Å². The first kappa shape index (κ1) is 14.8. The number of hydrogen-bond acceptors (Lipinski definition) is 1. The van der Waals surface area contributed by atoms with Crippen molar-refractivity contribution in [2.24, 2.45) is 11.7 Å². The fraction of sp³-hybridized carbons (Fsp3) is 1.00. The zero-order valence-corrected chi connectivity index (χ0v) is 9.82. The number of hydrogen-bond donors (Lipinski definition) is 1. The molecule has 0 amide bonds. The molecule has 0 aromatic carbocycles. The quantitative estimate of drug-likeness (QED) is 0.682. The van der Waals surface area contributed by atoms with E-state index < -0.39 is 17.6 Å². The van der Waals surface area contributed by atoms with Gasteiger partial charge >= 0.3 is 6.18 Å². The molecule has 1 unspecified atom stereocenters. The van der Waals surface area contributed by atoms with Crippen LogP contribution in [0.1, 0.15) is 52.9 Å². The molecule has 0 aliphatic carbocycles. The maximum atomic E-state index is 12.3. The molecule has 0 heterocycles. The molecule has 0 aliphatic heterocycles. The molecule has 0 spiro atoms. The van der Waals surface area contributed by atoms with Crippen molar-refractivity contribution in [3.8, 4) is 0 Å². The SMILES string of the molecule is CCCCC[C@@](C)(N)CC(C)C(F)(F)F. The molecule has 15 heavy (non-hydrogen) atoms. The van der Waals surface area contributed by atoms with Gasteiger partial charge in [0.15, 0.2) is 0 Å². The van der Waals surface area contributed by atoms with E-state index in [1.165, 1.54) is 6.92 Å². The maximum Gasteiger partial charge on any atom is 0.391 e. The van der Waals surface area contributed by atoms with Gasteiger partial charge < -0.3 is 5.73 Å². The van der Waals surface area contributed by atoms with Crippen LogP contribution in [0.4, 0.5) is 13.2 Å². The minimum absolute atomic E-state index is 0.0141. The minimum atomic E-state index is -4.12. The first-order valence-electron chi connectivity index (χ1n) is 5.54. The Kier molecular flexibility index (Phi) is 5.63. The zero-order chi connectivity index (χ0) is 12.1. The summed E-state index contributed by atoms with van der Waals surface area (Å²) in [6, 6.07) is 0. The van der Waals surface area contributed by atoms with Gasteiger partial charge in [-0.15, -0.1) is 0 Å². The summed E-state index contributed by atoms with van der Waals surface area (Å²) in [6.45, 7) is 4.97. The molecule has 1 nitrogen and oxygen atoms in total. The molecular weight excluding hydrogens is 203 g/mol. The van der Waals surface area contributed by atoms with E-state index in [9.17, 15) is 13.2 Å². The van der Waals surface area contributed by atoms with Gasteiger partial charge in [-0.25, -0.2) is 0 Å². The van der Waals surface area contributed by atoms with Gasteiger partial charge in [-0.3, -0.25) is 0 Å². The third-order valence-corrected chi connectivity index (χ3v) is 2.68. The van der Waals surface area contributed by atoms with Crippen molar-refractivity contribution in [1.29, 1.82) is 0 Å². The molecule has 0 fully saturated rings. The molecule has 4 heteroatoms. The van der Waals surface area contributed by atoms with E-state index in [1.54, 1.807) is 6.92 Å². The topological polar surface area (TPSA) is 26.0 Å². The molecule has 0 radical (unpaired) electrons. The Hall–Kier alpha value is -0.250. The Morgan fingerprint density at radius 2 is 1.73 bits per heavy atom. The van der Waals surface area contributed by atoms with E-state index in [2.05, 4.69) is 6.92 Å². The van der Waals surface area contributed by atoms with E-state index in [0.29, 0.717) is 6.42 Å². The average molecular weight is 225 g/mol. The first-order valence-corrected chi connectivity index (χ1v) is 5.54. The normalized spacial score (nSPS) is 18.6. The molecule has 2 N–H and O–H groups in total. The fourth-order valence-electron chi connectivity index (χ4n) is 1.70. The van der Waals surface area contributed by atoms with Crippen LogP contribution in [0, 0.1) is 5.92 Å². The van der Waals surface area contributed by atoms with Crippen molar-refractivity contribution in [1.82, 2.24) is 0 Å². The third kappa shape index (κ3) is 6.77. The summed E-state index contributed by atoms with van der Waals surface area (Å²) < 4.78 is 36.9. The van der Waals surface area contributed by atoms with Crippen molar-refractivity contribution in [3.05, 3.63) is 0 Å². The summed E-state index contributed by atoms with van der Waals surface area (Å²) in [6.07, 6.45) is -0.432. The van der Waals surface area contributed by atoms with Crippen LogP contribution in [-0.2, 0) is 0 Å². The van der Waals surface area contributed by atoms with Gasteiger partial charge in [0.05, 0.1) is 5.92 Å². The predicted octanol–water partition coefficient (Wildman–Crippen LogP) is 3.87. The summed E-state index contributed by atoms with van der Waals surface area (Å²) in [7, 11) is 0. The van der Waals surface area contributed by atoms with Crippen LogP contribution >= 0.6 is 0 Å². The van der Waals surface area contributed by atoms with Crippen LogP contribution < -0.4 is 5.73 Å². The lowest BCUT2D eigenvalue weighted by molar-refractivity contribution is -0.174. The molecule has 92 valence electrons. The van der Waals surface area contributed by atoms with E-state index in [-0.39, 0.29) is 6.42 Å². The smallest absolute Gasteiger partial charge is 0.325 e. The van der Waals surface area contributed by atoms with Crippen LogP contribution in [0.15, 0.2) is 0 Å². The number of rotatable bonds is 6. The van der Waals surface area contributed by atoms with E-state index in [1.807, 2.05) is 0 Å². The first-order chi connectivity index (χ1) is 6.69. The van der Waals surface area contributed by atoms with Gasteiger partial charge in [0.2, 0.25) is 0 Å². The number of nitrogens with two attached hydrogens (primary N) is 1. The molecule has 0 aromatic rings. The Morgan fingerprint density at radius 1 is 1.20 bits per heavy atom. The van der Waals surface area contributed by atoms with Crippen molar-refractivity contribution < 1.29 is 13.2 Å². The minimum Gasteiger partial charge on any atom is -0.325 e. The van der Waals surface area contributed by atoms with Crippen molar-refractivity contribution in [2.45, 2.75) is 64.6 Å². The summed E-state index contributed by atoms with van der Waals surface area (Å²) in [5, 5.41) is 0. The standard InChI is InChI=1S/C11H22F3N/c1-4-5-6-7-10(3,15)8-9(2)11(12,13)14/h9H,4-8,15H2,1-3H3/t9?,10-/m1/s1. The van der Waals surface area contributed by atoms with E-state index in [0.717, 1.165) is 19.3 Å². The van der Waals surface area contributed by atoms with Gasteiger partial charge in [0, 0.05) is 5.54 Å². The Morgan fingerprint density at radius 3 is 2.13 bits per heavy atom. The summed E-state index contributed by atoms with van der Waals surface area (Å²) in [5.74, 6) is -1.31. The molecule has 0 aromatic heterocycles. The highest BCUT2D eigenvalue weighted by atomic mass is 19.4. The van der Waals surface area contributed by atoms with Gasteiger partial charge in [-0.1, -0.05) is 33.1 Å². The molecule has 2 atom stereocenters. The number of halogens is 3.